The van der Waals surface area contributed by atoms with Crippen molar-refractivity contribution < 1.29 is 18.7 Å². The van der Waals surface area contributed by atoms with Crippen LogP contribution in [0.2, 0.25) is 0 Å². The topological polar surface area (TPSA) is 35.5 Å². The number of rotatable bonds is 4. The van der Waals surface area contributed by atoms with Crippen LogP contribution in [0.1, 0.15) is 27.0 Å². The Hall–Kier alpha value is -2.36. The standard InChI is InChI=1S/C17H17FO3/c1-10-5-11(2)16(15(18)6-10)17(19)12-7-13(20-3)9-14(8-12)21-4/h5-9H,1-4H3. The van der Waals surface area contributed by atoms with Crippen LogP contribution in [0.25, 0.3) is 0 Å². The highest BCUT2D eigenvalue weighted by molar-refractivity contribution is 6.10. The fraction of sp³-hybridized carbons (Fsp3) is 0.235. The van der Waals surface area contributed by atoms with Gasteiger partial charge in [-0.25, -0.2) is 4.39 Å². The van der Waals surface area contributed by atoms with Crippen molar-refractivity contribution in [2.45, 2.75) is 13.8 Å². The molecule has 2 rings (SSSR count). The van der Waals surface area contributed by atoms with Crippen molar-refractivity contribution in [1.29, 1.82) is 0 Å². The van der Waals surface area contributed by atoms with Gasteiger partial charge in [0.25, 0.3) is 0 Å². The van der Waals surface area contributed by atoms with Crippen LogP contribution in [0, 0.1) is 19.7 Å². The van der Waals surface area contributed by atoms with E-state index in [1.54, 1.807) is 38.1 Å². The molecule has 2 aromatic rings. The number of ketones is 1. The quantitative estimate of drug-likeness (QED) is 0.805. The highest BCUT2D eigenvalue weighted by atomic mass is 19.1. The molecule has 21 heavy (non-hydrogen) atoms. The number of carbonyl (C=O) groups excluding carboxylic acids is 1. The molecule has 0 unspecified atom stereocenters. The van der Waals surface area contributed by atoms with Crippen molar-refractivity contribution in [2.75, 3.05) is 14.2 Å². The summed E-state index contributed by atoms with van der Waals surface area (Å²) < 4.78 is 24.4. The van der Waals surface area contributed by atoms with Crippen molar-refractivity contribution in [2.24, 2.45) is 0 Å². The van der Waals surface area contributed by atoms with Crippen molar-refractivity contribution in [3.05, 3.63) is 58.4 Å². The van der Waals surface area contributed by atoms with E-state index >= 15 is 0 Å². The molecule has 0 N–H and O–H groups in total. The van der Waals surface area contributed by atoms with Gasteiger partial charge in [0, 0.05) is 11.6 Å². The van der Waals surface area contributed by atoms with Crippen LogP contribution in [0.3, 0.4) is 0 Å². The molecule has 0 bridgehead atoms. The Bertz CT molecular complexity index is 647. The Labute approximate surface area is 123 Å². The first-order valence-corrected chi connectivity index (χ1v) is 6.50. The van der Waals surface area contributed by atoms with E-state index in [4.69, 9.17) is 9.47 Å². The normalized spacial score (nSPS) is 10.3. The summed E-state index contributed by atoms with van der Waals surface area (Å²) in [5, 5.41) is 0. The largest absolute Gasteiger partial charge is 0.497 e. The molecule has 110 valence electrons. The summed E-state index contributed by atoms with van der Waals surface area (Å²) in [5.41, 5.74) is 1.80. The second kappa shape index (κ2) is 5.95. The van der Waals surface area contributed by atoms with Gasteiger partial charge in [-0.15, -0.1) is 0 Å². The van der Waals surface area contributed by atoms with E-state index in [1.165, 1.54) is 20.3 Å². The molecule has 0 saturated heterocycles. The number of carbonyl (C=O) groups is 1. The molecule has 0 aliphatic heterocycles. The lowest BCUT2D eigenvalue weighted by molar-refractivity contribution is 0.103. The molecule has 0 spiro atoms. The summed E-state index contributed by atoms with van der Waals surface area (Å²) in [6.07, 6.45) is 0. The number of aryl methyl sites for hydroxylation is 2. The summed E-state index contributed by atoms with van der Waals surface area (Å²) in [4.78, 5) is 12.6. The van der Waals surface area contributed by atoms with Gasteiger partial charge >= 0.3 is 0 Å². The molecule has 0 amide bonds. The predicted octanol–water partition coefficient (Wildman–Crippen LogP) is 3.69. The smallest absolute Gasteiger partial charge is 0.196 e. The van der Waals surface area contributed by atoms with Crippen LogP contribution in [0.15, 0.2) is 30.3 Å². The molecule has 2 aromatic carbocycles. The van der Waals surface area contributed by atoms with Crippen LogP contribution >= 0.6 is 0 Å². The van der Waals surface area contributed by atoms with Crippen molar-refractivity contribution in [1.82, 2.24) is 0 Å². The minimum absolute atomic E-state index is 0.0795. The molecule has 0 atom stereocenters. The molecule has 0 aromatic heterocycles. The molecule has 0 radical (unpaired) electrons. The lowest BCUT2D eigenvalue weighted by Crippen LogP contribution is -2.08. The first-order valence-electron chi connectivity index (χ1n) is 6.50. The third-order valence-corrected chi connectivity index (χ3v) is 3.27. The molecule has 0 saturated carbocycles. The first-order chi connectivity index (χ1) is 9.96. The van der Waals surface area contributed by atoms with Crippen LogP contribution in [0.4, 0.5) is 4.39 Å². The third-order valence-electron chi connectivity index (χ3n) is 3.27. The maximum Gasteiger partial charge on any atom is 0.196 e. The van der Waals surface area contributed by atoms with Crippen molar-refractivity contribution in [3.63, 3.8) is 0 Å². The molecular weight excluding hydrogens is 271 g/mol. The summed E-state index contributed by atoms with van der Waals surface area (Å²) in [5.74, 6) is 0.0761. The third kappa shape index (κ3) is 3.05. The zero-order chi connectivity index (χ0) is 15.6. The highest BCUT2D eigenvalue weighted by Crippen LogP contribution is 2.26. The number of benzene rings is 2. The van der Waals surface area contributed by atoms with Gasteiger partial charge in [0.2, 0.25) is 0 Å². The first kappa shape index (κ1) is 15.0. The zero-order valence-corrected chi connectivity index (χ0v) is 12.5. The molecular formula is C17H17FO3. The van der Waals surface area contributed by atoms with Gasteiger partial charge in [0.1, 0.15) is 17.3 Å². The number of hydrogen-bond donors (Lipinski definition) is 0. The van der Waals surface area contributed by atoms with Crippen molar-refractivity contribution >= 4 is 5.78 Å². The van der Waals surface area contributed by atoms with Crippen LogP contribution in [0.5, 0.6) is 11.5 Å². The highest BCUT2D eigenvalue weighted by Gasteiger charge is 2.18. The number of methoxy groups -OCH3 is 2. The zero-order valence-electron chi connectivity index (χ0n) is 12.5. The van der Waals surface area contributed by atoms with E-state index in [0.29, 0.717) is 22.6 Å². The van der Waals surface area contributed by atoms with E-state index in [9.17, 15) is 9.18 Å². The molecule has 0 aliphatic rings. The second-order valence-electron chi connectivity index (χ2n) is 4.87. The van der Waals surface area contributed by atoms with Gasteiger partial charge < -0.3 is 9.47 Å². The number of halogens is 1. The van der Waals surface area contributed by atoms with E-state index in [-0.39, 0.29) is 11.3 Å². The molecule has 0 aliphatic carbocycles. The van der Waals surface area contributed by atoms with Crippen LogP contribution < -0.4 is 9.47 Å². The van der Waals surface area contributed by atoms with Gasteiger partial charge in [0.05, 0.1) is 19.8 Å². The summed E-state index contributed by atoms with van der Waals surface area (Å²) in [7, 11) is 3.00. The minimum Gasteiger partial charge on any atom is -0.497 e. The SMILES string of the molecule is COc1cc(OC)cc(C(=O)c2c(C)cc(C)cc2F)c1. The predicted molar refractivity (Wildman–Crippen MR) is 78.9 cm³/mol. The molecule has 0 fully saturated rings. The lowest BCUT2D eigenvalue weighted by atomic mass is 9.96. The van der Waals surface area contributed by atoms with E-state index in [1.807, 2.05) is 0 Å². The second-order valence-corrected chi connectivity index (χ2v) is 4.87. The average Bonchev–Trinajstić information content (AvgIpc) is 2.45. The Balaban J connectivity index is 2.55. The van der Waals surface area contributed by atoms with Crippen molar-refractivity contribution in [3.8, 4) is 11.5 Å². The molecule has 0 heterocycles. The minimum atomic E-state index is -0.515. The van der Waals surface area contributed by atoms with Crippen LogP contribution in [-0.4, -0.2) is 20.0 Å². The maximum atomic E-state index is 14.1. The van der Waals surface area contributed by atoms with Gasteiger partial charge in [0.15, 0.2) is 5.78 Å². The maximum absolute atomic E-state index is 14.1. The van der Waals surface area contributed by atoms with Gasteiger partial charge in [-0.05, 0) is 43.2 Å². The molecule has 4 heteroatoms. The fourth-order valence-electron chi connectivity index (χ4n) is 2.29. The Kier molecular flexibility index (Phi) is 4.26. The monoisotopic (exact) mass is 288 g/mol. The number of ether oxygens (including phenoxy) is 2. The van der Waals surface area contributed by atoms with E-state index in [0.717, 1.165) is 5.56 Å². The molecule has 3 nitrogen and oxygen atoms in total. The Morgan fingerprint density at radius 2 is 1.52 bits per heavy atom. The fourth-order valence-corrected chi connectivity index (χ4v) is 2.29. The Morgan fingerprint density at radius 3 is 2.00 bits per heavy atom. The lowest BCUT2D eigenvalue weighted by Gasteiger charge is -2.11. The van der Waals surface area contributed by atoms with Gasteiger partial charge in [-0.1, -0.05) is 6.07 Å². The van der Waals surface area contributed by atoms with E-state index in [2.05, 4.69) is 0 Å². The number of hydrogen-bond acceptors (Lipinski definition) is 3. The summed E-state index contributed by atoms with van der Waals surface area (Å²) >= 11 is 0. The summed E-state index contributed by atoms with van der Waals surface area (Å²) in [6.45, 7) is 3.51. The Morgan fingerprint density at radius 1 is 0.952 bits per heavy atom. The van der Waals surface area contributed by atoms with Gasteiger partial charge in [-0.2, -0.15) is 0 Å². The summed E-state index contributed by atoms with van der Waals surface area (Å²) in [6, 6.07) is 7.95. The van der Waals surface area contributed by atoms with Crippen LogP contribution in [-0.2, 0) is 0 Å². The van der Waals surface area contributed by atoms with E-state index < -0.39 is 5.82 Å². The average molecular weight is 288 g/mol. The van der Waals surface area contributed by atoms with Gasteiger partial charge in [-0.3, -0.25) is 4.79 Å².